The third-order valence-corrected chi connectivity index (χ3v) is 3.26. The maximum absolute atomic E-state index is 9.94. The molecule has 3 heteroatoms. The number of nitrogens with one attached hydrogen (secondary N) is 1. The molecule has 2 N–H and O–H groups in total. The zero-order chi connectivity index (χ0) is 9.84. The zero-order valence-electron chi connectivity index (χ0n) is 8.37. The number of aliphatic hydroxyl groups is 1. The molecule has 0 saturated carbocycles. The van der Waals surface area contributed by atoms with Gasteiger partial charge in [-0.25, -0.2) is 0 Å². The summed E-state index contributed by atoms with van der Waals surface area (Å²) in [5, 5.41) is 15.2. The molecule has 2 nitrogen and oxygen atoms in total. The molecule has 1 rings (SSSR count). The molecule has 0 bridgehead atoms. The molecule has 1 heterocycles. The molecule has 0 spiro atoms. The Morgan fingerprint density at radius 1 is 1.62 bits per heavy atom. The van der Waals surface area contributed by atoms with Crippen LogP contribution < -0.4 is 5.32 Å². The second-order valence-electron chi connectivity index (χ2n) is 3.26. The molecule has 0 aliphatic heterocycles. The van der Waals surface area contributed by atoms with Crippen LogP contribution in [0.2, 0.25) is 0 Å². The largest absolute Gasteiger partial charge is 0.386 e. The van der Waals surface area contributed by atoms with E-state index in [0.29, 0.717) is 0 Å². The van der Waals surface area contributed by atoms with Gasteiger partial charge in [0.1, 0.15) is 6.10 Å². The molecule has 0 radical (unpaired) electrons. The van der Waals surface area contributed by atoms with E-state index in [2.05, 4.69) is 5.32 Å². The van der Waals surface area contributed by atoms with Crippen LogP contribution in [0.25, 0.3) is 0 Å². The first-order valence-corrected chi connectivity index (χ1v) is 5.50. The van der Waals surface area contributed by atoms with E-state index >= 15 is 0 Å². The third-order valence-electron chi connectivity index (χ3n) is 2.17. The fraction of sp³-hybridized carbons (Fsp3) is 0.600. The summed E-state index contributed by atoms with van der Waals surface area (Å²) < 4.78 is 0. The summed E-state index contributed by atoms with van der Waals surface area (Å²) in [4.78, 5) is 1.08. The van der Waals surface area contributed by atoms with Gasteiger partial charge in [0.05, 0.1) is 0 Å². The second-order valence-corrected chi connectivity index (χ2v) is 4.21. The van der Waals surface area contributed by atoms with Crippen LogP contribution in [-0.4, -0.2) is 17.7 Å². The number of hydrogen-bond donors (Lipinski definition) is 2. The monoisotopic (exact) mass is 199 g/mol. The van der Waals surface area contributed by atoms with Crippen LogP contribution in [0, 0.1) is 6.92 Å². The Morgan fingerprint density at radius 2 is 2.31 bits per heavy atom. The molecule has 2 unspecified atom stereocenters. The highest BCUT2D eigenvalue weighted by Crippen LogP contribution is 2.25. The van der Waals surface area contributed by atoms with E-state index in [1.807, 2.05) is 32.2 Å². The molecular weight excluding hydrogens is 182 g/mol. The summed E-state index contributed by atoms with van der Waals surface area (Å²) in [5.41, 5.74) is 1.18. The van der Waals surface area contributed by atoms with E-state index < -0.39 is 0 Å². The summed E-state index contributed by atoms with van der Waals surface area (Å²) in [6, 6.07) is 2.17. The SMILES string of the molecule is CCNC(C)C(O)c1sccc1C. The van der Waals surface area contributed by atoms with Gasteiger partial charge in [-0.3, -0.25) is 0 Å². The summed E-state index contributed by atoms with van der Waals surface area (Å²) in [6.45, 7) is 6.98. The van der Waals surface area contributed by atoms with E-state index in [0.717, 1.165) is 11.4 Å². The van der Waals surface area contributed by atoms with Crippen molar-refractivity contribution in [1.29, 1.82) is 0 Å². The topological polar surface area (TPSA) is 32.3 Å². The van der Waals surface area contributed by atoms with Gasteiger partial charge in [-0.05, 0) is 37.4 Å². The minimum atomic E-state index is -0.375. The number of rotatable bonds is 4. The minimum absolute atomic E-state index is 0.127. The average molecular weight is 199 g/mol. The van der Waals surface area contributed by atoms with Crippen molar-refractivity contribution < 1.29 is 5.11 Å². The molecule has 0 saturated heterocycles. The maximum Gasteiger partial charge on any atom is 0.103 e. The van der Waals surface area contributed by atoms with Crippen molar-refractivity contribution in [3.8, 4) is 0 Å². The Morgan fingerprint density at radius 3 is 2.77 bits per heavy atom. The standard InChI is InChI=1S/C10H17NOS/c1-4-11-8(3)9(12)10-7(2)5-6-13-10/h5-6,8-9,11-12H,4H2,1-3H3. The smallest absolute Gasteiger partial charge is 0.103 e. The molecule has 0 amide bonds. The number of thiophene rings is 1. The lowest BCUT2D eigenvalue weighted by molar-refractivity contribution is 0.140. The predicted molar refractivity (Wildman–Crippen MR) is 57.2 cm³/mol. The normalized spacial score (nSPS) is 15.7. The van der Waals surface area contributed by atoms with Gasteiger partial charge in [-0.1, -0.05) is 6.92 Å². The van der Waals surface area contributed by atoms with Crippen molar-refractivity contribution >= 4 is 11.3 Å². The van der Waals surface area contributed by atoms with Crippen molar-refractivity contribution in [2.24, 2.45) is 0 Å². The molecule has 74 valence electrons. The fourth-order valence-corrected chi connectivity index (χ4v) is 2.36. The molecular formula is C10H17NOS. The molecule has 1 aromatic rings. The van der Waals surface area contributed by atoms with E-state index in [9.17, 15) is 5.11 Å². The zero-order valence-corrected chi connectivity index (χ0v) is 9.19. The second kappa shape index (κ2) is 4.74. The lowest BCUT2D eigenvalue weighted by Crippen LogP contribution is -2.31. The van der Waals surface area contributed by atoms with Gasteiger partial charge in [0, 0.05) is 10.9 Å². The van der Waals surface area contributed by atoms with Crippen LogP contribution in [0.15, 0.2) is 11.4 Å². The predicted octanol–water partition coefficient (Wildman–Crippen LogP) is 2.09. The summed E-state index contributed by atoms with van der Waals surface area (Å²) >= 11 is 1.62. The number of hydrogen-bond acceptors (Lipinski definition) is 3. The van der Waals surface area contributed by atoms with E-state index in [-0.39, 0.29) is 12.1 Å². The van der Waals surface area contributed by atoms with Crippen molar-refractivity contribution in [3.05, 3.63) is 21.9 Å². The highest BCUT2D eigenvalue weighted by molar-refractivity contribution is 7.10. The summed E-state index contributed by atoms with van der Waals surface area (Å²) in [7, 11) is 0. The Balaban J connectivity index is 2.67. The Bertz CT molecular complexity index is 259. The maximum atomic E-state index is 9.94. The van der Waals surface area contributed by atoms with Crippen molar-refractivity contribution in [1.82, 2.24) is 5.32 Å². The molecule has 0 aliphatic rings. The highest BCUT2D eigenvalue weighted by Gasteiger charge is 2.17. The minimum Gasteiger partial charge on any atom is -0.386 e. The first-order valence-electron chi connectivity index (χ1n) is 4.62. The molecule has 0 aromatic carbocycles. The first kappa shape index (κ1) is 10.7. The van der Waals surface area contributed by atoms with Gasteiger partial charge >= 0.3 is 0 Å². The van der Waals surface area contributed by atoms with Crippen LogP contribution in [-0.2, 0) is 0 Å². The first-order chi connectivity index (χ1) is 6.16. The third kappa shape index (κ3) is 2.53. The van der Waals surface area contributed by atoms with Gasteiger partial charge in [0.25, 0.3) is 0 Å². The van der Waals surface area contributed by atoms with Crippen LogP contribution >= 0.6 is 11.3 Å². The van der Waals surface area contributed by atoms with Crippen LogP contribution in [0.4, 0.5) is 0 Å². The summed E-state index contributed by atoms with van der Waals surface area (Å²) in [6.07, 6.45) is -0.375. The van der Waals surface area contributed by atoms with Crippen LogP contribution in [0.1, 0.15) is 30.4 Å². The van der Waals surface area contributed by atoms with Crippen LogP contribution in [0.5, 0.6) is 0 Å². The van der Waals surface area contributed by atoms with Gasteiger partial charge in [-0.2, -0.15) is 0 Å². The van der Waals surface area contributed by atoms with E-state index in [1.165, 1.54) is 5.56 Å². The number of likely N-dealkylation sites (N-methyl/N-ethyl adjacent to an activating group) is 1. The van der Waals surface area contributed by atoms with Gasteiger partial charge in [0.15, 0.2) is 0 Å². The van der Waals surface area contributed by atoms with Gasteiger partial charge in [0.2, 0.25) is 0 Å². The number of aryl methyl sites for hydroxylation is 1. The lowest BCUT2D eigenvalue weighted by Gasteiger charge is -2.19. The fourth-order valence-electron chi connectivity index (χ4n) is 1.35. The van der Waals surface area contributed by atoms with Crippen LogP contribution in [0.3, 0.4) is 0 Å². The average Bonchev–Trinajstić information content (AvgIpc) is 2.50. The molecule has 13 heavy (non-hydrogen) atoms. The van der Waals surface area contributed by atoms with Crippen molar-refractivity contribution in [3.63, 3.8) is 0 Å². The van der Waals surface area contributed by atoms with Crippen molar-refractivity contribution in [2.45, 2.75) is 32.9 Å². The van der Waals surface area contributed by atoms with Gasteiger partial charge in [-0.15, -0.1) is 11.3 Å². The van der Waals surface area contributed by atoms with Gasteiger partial charge < -0.3 is 10.4 Å². The van der Waals surface area contributed by atoms with E-state index in [4.69, 9.17) is 0 Å². The Hall–Kier alpha value is -0.380. The number of aliphatic hydroxyl groups excluding tert-OH is 1. The summed E-state index contributed by atoms with van der Waals surface area (Å²) in [5.74, 6) is 0. The molecule has 0 aliphatic carbocycles. The highest BCUT2D eigenvalue weighted by atomic mass is 32.1. The molecule has 0 fully saturated rings. The lowest BCUT2D eigenvalue weighted by atomic mass is 10.1. The molecule has 2 atom stereocenters. The van der Waals surface area contributed by atoms with Crippen molar-refractivity contribution in [2.75, 3.05) is 6.54 Å². The van der Waals surface area contributed by atoms with E-state index in [1.54, 1.807) is 11.3 Å². The Labute approximate surface area is 83.6 Å². The molecule has 1 aromatic heterocycles. The Kier molecular flexibility index (Phi) is 3.90. The quantitative estimate of drug-likeness (QED) is 0.778.